The Morgan fingerprint density at radius 2 is 0.894 bits per heavy atom. The standard InChI is InChI=1S/C30H32F7N3O3.C30H31F7N2O3/c1-16(18-9-20(29(32,33)34)13-21(10-18)30(35,36)37)43-24-14-40-23(26(24)17-3-5-22(31)6-4-17)11-19(12-25(40)41)27(42)39-8-7-28(2,38)15-39;1-17(19-11-21(29(32,33)34)15-22(12-19)30(35,36)37)42-25-16-39-24(27(25)18-5-7-23(31)8-6-18)13-20(14-26(39)40)28(41)38-9-3-2-4-10-38/h3-6,9-10,13,16,19,23-24,26H,7-8,11-12,14-15,38H2,1-2H3;5-8,11-12,15,17,20,24-25,27H,2-4,9-10,13-14,16H2,1H3/t16-,19?,23+,24+,26+,28?;17-,20?,24+,25+,27+/m11/s1. The van der Waals surface area contributed by atoms with E-state index in [0.717, 1.165) is 19.3 Å². The summed E-state index contributed by atoms with van der Waals surface area (Å²) >= 11 is 0. The smallest absolute Gasteiger partial charge is 0.368 e. The molecule has 0 bridgehead atoms. The lowest BCUT2D eigenvalue weighted by Gasteiger charge is -2.39. The van der Waals surface area contributed by atoms with E-state index < -0.39 is 124 Å². The summed E-state index contributed by atoms with van der Waals surface area (Å²) in [6, 6.07) is 12.5. The molecular weight excluding hydrogens is 1150 g/mol. The highest BCUT2D eigenvalue weighted by Crippen LogP contribution is 2.48. The second kappa shape index (κ2) is 24.1. The van der Waals surface area contributed by atoms with Gasteiger partial charge in [0.1, 0.15) is 11.6 Å². The van der Waals surface area contributed by atoms with E-state index in [9.17, 15) is 80.6 Å². The molecule has 4 aromatic carbocycles. The molecule has 6 aliphatic rings. The van der Waals surface area contributed by atoms with Gasteiger partial charge in [-0.3, -0.25) is 19.2 Å². The minimum atomic E-state index is -5.02. The first-order valence-corrected chi connectivity index (χ1v) is 28.0. The highest BCUT2D eigenvalue weighted by Gasteiger charge is 2.53. The number of carbonyl (C=O) groups is 4. The number of halogens is 14. The maximum Gasteiger partial charge on any atom is 0.416 e. The summed E-state index contributed by atoms with van der Waals surface area (Å²) in [5.74, 6) is -4.28. The Kier molecular flexibility index (Phi) is 17.9. The Labute approximate surface area is 480 Å². The number of rotatable bonds is 10. The minimum Gasteiger partial charge on any atom is -0.368 e. The molecule has 462 valence electrons. The summed E-state index contributed by atoms with van der Waals surface area (Å²) in [7, 11) is 0. The van der Waals surface area contributed by atoms with Crippen LogP contribution in [-0.4, -0.2) is 112 Å². The molecule has 6 saturated heterocycles. The van der Waals surface area contributed by atoms with Gasteiger partial charge in [0, 0.05) is 93.4 Å². The van der Waals surface area contributed by atoms with Crippen LogP contribution < -0.4 is 5.73 Å². The van der Waals surface area contributed by atoms with Gasteiger partial charge in [0.05, 0.1) is 46.7 Å². The number of hydrogen-bond donors (Lipinski definition) is 1. The number of benzene rings is 4. The summed E-state index contributed by atoms with van der Waals surface area (Å²) in [6.07, 6.45) is -20.2. The van der Waals surface area contributed by atoms with Crippen LogP contribution in [0.1, 0.15) is 141 Å². The van der Waals surface area contributed by atoms with Gasteiger partial charge in [0.25, 0.3) is 0 Å². The zero-order chi connectivity index (χ0) is 61.9. The van der Waals surface area contributed by atoms with Gasteiger partial charge in [-0.05, 0) is 142 Å². The van der Waals surface area contributed by atoms with Crippen molar-refractivity contribution >= 4 is 23.6 Å². The predicted octanol–water partition coefficient (Wildman–Crippen LogP) is 12.4. The van der Waals surface area contributed by atoms with Crippen molar-refractivity contribution in [1.82, 2.24) is 19.6 Å². The Balaban J connectivity index is 0.000000204. The number of likely N-dealkylation sites (tertiary alicyclic amines) is 2. The molecule has 6 fully saturated rings. The molecule has 6 heterocycles. The molecule has 0 aliphatic carbocycles. The number of nitrogens with two attached hydrogens (primary N) is 1. The number of hydrogen-bond acceptors (Lipinski definition) is 7. The Bertz CT molecular complexity index is 3030. The number of fused-ring (bicyclic) bond motifs is 2. The normalized spacial score (nSPS) is 27.3. The fraction of sp³-hybridized carbons (Fsp3) is 0.533. The number of amides is 4. The van der Waals surface area contributed by atoms with Gasteiger partial charge in [0.2, 0.25) is 23.6 Å². The molecule has 2 N–H and O–H groups in total. The second-order valence-electron chi connectivity index (χ2n) is 23.5. The summed E-state index contributed by atoms with van der Waals surface area (Å²) in [5.41, 5.74) is 0.371. The van der Waals surface area contributed by atoms with E-state index in [1.54, 1.807) is 19.6 Å². The van der Waals surface area contributed by atoms with Crippen molar-refractivity contribution in [3.05, 3.63) is 141 Å². The van der Waals surface area contributed by atoms with Gasteiger partial charge < -0.3 is 34.8 Å². The lowest BCUT2D eigenvalue weighted by molar-refractivity contribution is -0.147. The Morgan fingerprint density at radius 3 is 1.22 bits per heavy atom. The predicted molar refractivity (Wildman–Crippen MR) is 278 cm³/mol. The third kappa shape index (κ3) is 14.2. The summed E-state index contributed by atoms with van der Waals surface area (Å²) in [6.45, 7) is 6.66. The average molecular weight is 1220 g/mol. The van der Waals surface area contributed by atoms with Crippen LogP contribution in [0.15, 0.2) is 84.9 Å². The van der Waals surface area contributed by atoms with Gasteiger partial charge in [0.15, 0.2) is 0 Å². The van der Waals surface area contributed by atoms with E-state index >= 15 is 0 Å². The van der Waals surface area contributed by atoms with Crippen LogP contribution in [0.3, 0.4) is 0 Å². The number of ether oxygens (including phenoxy) is 2. The largest absolute Gasteiger partial charge is 0.416 e. The maximum atomic E-state index is 13.8. The summed E-state index contributed by atoms with van der Waals surface area (Å²) in [5, 5.41) is 0. The van der Waals surface area contributed by atoms with Crippen LogP contribution in [0.5, 0.6) is 0 Å². The van der Waals surface area contributed by atoms with E-state index in [1.807, 2.05) is 6.92 Å². The molecule has 25 heteroatoms. The van der Waals surface area contributed by atoms with Crippen molar-refractivity contribution in [2.24, 2.45) is 17.6 Å². The van der Waals surface area contributed by atoms with Crippen molar-refractivity contribution in [1.29, 1.82) is 0 Å². The number of nitrogens with zero attached hydrogens (tertiary/aromatic N) is 4. The van der Waals surface area contributed by atoms with E-state index in [0.29, 0.717) is 74.4 Å². The highest BCUT2D eigenvalue weighted by atomic mass is 19.4. The fourth-order valence-electron chi connectivity index (χ4n) is 13.1. The summed E-state index contributed by atoms with van der Waals surface area (Å²) in [4.78, 5) is 60.0. The monoisotopic (exact) mass is 1220 g/mol. The third-order valence-electron chi connectivity index (χ3n) is 17.3. The first-order chi connectivity index (χ1) is 39.6. The zero-order valence-electron chi connectivity index (χ0n) is 46.4. The minimum absolute atomic E-state index is 0.00642. The van der Waals surface area contributed by atoms with Gasteiger partial charge in [-0.1, -0.05) is 24.3 Å². The highest BCUT2D eigenvalue weighted by molar-refractivity contribution is 5.89. The molecule has 11 atom stereocenters. The van der Waals surface area contributed by atoms with Crippen molar-refractivity contribution in [2.75, 3.05) is 39.3 Å². The first kappa shape index (κ1) is 63.2. The molecule has 4 amide bonds. The van der Waals surface area contributed by atoms with Crippen LogP contribution in [0.2, 0.25) is 0 Å². The third-order valence-corrected chi connectivity index (χ3v) is 17.3. The van der Waals surface area contributed by atoms with Gasteiger partial charge in [-0.15, -0.1) is 0 Å². The lowest BCUT2D eigenvalue weighted by atomic mass is 9.81. The van der Waals surface area contributed by atoms with E-state index in [2.05, 4.69) is 0 Å². The van der Waals surface area contributed by atoms with Crippen LogP contribution in [0.25, 0.3) is 0 Å². The SMILES string of the molecule is C[C@@H](O[C@H]1CN2C(=O)CC(C(=O)N3CCC(C)(N)C3)C[C@H]2[C@@H]1c1ccc(F)cc1)c1cc(C(F)(F)F)cc(C(F)(F)F)c1.C[C@@H](O[C@H]1CN2C(=O)CC(C(=O)N3CCCCC3)C[C@H]2[C@@H]1c1ccc(F)cc1)c1cc(C(F)(F)F)cc(C(F)(F)F)c1. The van der Waals surface area contributed by atoms with Gasteiger partial charge in [-0.2, -0.15) is 52.7 Å². The van der Waals surface area contributed by atoms with E-state index in [1.165, 1.54) is 62.4 Å². The van der Waals surface area contributed by atoms with Crippen molar-refractivity contribution < 1.29 is 90.1 Å². The van der Waals surface area contributed by atoms with Crippen LogP contribution in [-0.2, 0) is 53.4 Å². The Morgan fingerprint density at radius 1 is 0.541 bits per heavy atom. The topological polar surface area (TPSA) is 126 Å². The van der Waals surface area contributed by atoms with Crippen LogP contribution in [0, 0.1) is 23.5 Å². The quantitative estimate of drug-likeness (QED) is 0.157. The van der Waals surface area contributed by atoms with Gasteiger partial charge >= 0.3 is 24.7 Å². The van der Waals surface area contributed by atoms with Crippen molar-refractivity contribution in [3.63, 3.8) is 0 Å². The molecule has 10 rings (SSSR count). The maximum absolute atomic E-state index is 13.8. The van der Waals surface area contributed by atoms with Crippen LogP contribution in [0.4, 0.5) is 61.5 Å². The molecule has 6 aliphatic heterocycles. The molecule has 85 heavy (non-hydrogen) atoms. The fourth-order valence-corrected chi connectivity index (χ4v) is 13.1. The molecule has 0 radical (unpaired) electrons. The molecule has 4 aromatic rings. The Hall–Kier alpha value is -6.34. The zero-order valence-corrected chi connectivity index (χ0v) is 46.4. The summed E-state index contributed by atoms with van der Waals surface area (Å²) < 4.78 is 202. The molecule has 0 spiro atoms. The molecular formula is C60H63F14N5O6. The lowest BCUT2D eigenvalue weighted by Crippen LogP contribution is -2.49. The van der Waals surface area contributed by atoms with Crippen molar-refractivity contribution in [3.8, 4) is 0 Å². The number of alkyl halides is 12. The van der Waals surface area contributed by atoms with Crippen molar-refractivity contribution in [2.45, 2.75) is 151 Å². The van der Waals surface area contributed by atoms with Crippen LogP contribution >= 0.6 is 0 Å². The van der Waals surface area contributed by atoms with E-state index in [4.69, 9.17) is 15.2 Å². The number of piperidine rings is 3. The second-order valence-corrected chi connectivity index (χ2v) is 23.5. The molecule has 0 aromatic heterocycles. The molecule has 11 nitrogen and oxygen atoms in total. The first-order valence-electron chi connectivity index (χ1n) is 28.0. The average Bonchev–Trinajstić information content (AvgIpc) is 3.74. The number of carbonyl (C=O) groups excluding carboxylic acids is 4. The van der Waals surface area contributed by atoms with E-state index in [-0.39, 0.29) is 79.2 Å². The molecule has 0 saturated carbocycles. The van der Waals surface area contributed by atoms with Gasteiger partial charge in [-0.25, -0.2) is 8.78 Å². The molecule has 3 unspecified atom stereocenters.